The molecule has 0 aliphatic rings. The van der Waals surface area contributed by atoms with Crippen LogP contribution in [-0.2, 0) is 11.3 Å². The predicted molar refractivity (Wildman–Crippen MR) is 56.5 cm³/mol. The zero-order valence-electron chi connectivity index (χ0n) is 9.05. The van der Waals surface area contributed by atoms with Crippen LogP contribution in [0.15, 0.2) is 18.2 Å². The van der Waals surface area contributed by atoms with Gasteiger partial charge in [-0.25, -0.2) is 4.39 Å². The first-order valence-electron chi connectivity index (χ1n) is 4.80. The van der Waals surface area contributed by atoms with Crippen LogP contribution >= 0.6 is 0 Å². The normalized spacial score (nSPS) is 10.3. The quantitative estimate of drug-likeness (QED) is 0.728. The summed E-state index contributed by atoms with van der Waals surface area (Å²) in [5, 5.41) is 3.13. The summed E-state index contributed by atoms with van der Waals surface area (Å²) < 4.78 is 23.0. The second-order valence-corrected chi connectivity index (χ2v) is 3.14. The zero-order chi connectivity index (χ0) is 11.1. The summed E-state index contributed by atoms with van der Waals surface area (Å²) in [5.41, 5.74) is 0.893. The molecule has 0 atom stereocenters. The maximum absolute atomic E-state index is 13.2. The van der Waals surface area contributed by atoms with E-state index < -0.39 is 0 Å². The van der Waals surface area contributed by atoms with Gasteiger partial charge in [-0.05, 0) is 17.7 Å². The van der Waals surface area contributed by atoms with Crippen LogP contribution in [-0.4, -0.2) is 27.4 Å². The molecule has 0 saturated carbocycles. The second kappa shape index (κ2) is 6.37. The number of methoxy groups -OCH3 is 2. The molecule has 1 aromatic rings. The van der Waals surface area contributed by atoms with Crippen molar-refractivity contribution in [2.24, 2.45) is 0 Å². The van der Waals surface area contributed by atoms with E-state index >= 15 is 0 Å². The zero-order valence-corrected chi connectivity index (χ0v) is 9.05. The van der Waals surface area contributed by atoms with Gasteiger partial charge in [-0.1, -0.05) is 6.07 Å². The van der Waals surface area contributed by atoms with E-state index in [-0.39, 0.29) is 11.6 Å². The van der Waals surface area contributed by atoms with Gasteiger partial charge in [-0.15, -0.1) is 0 Å². The van der Waals surface area contributed by atoms with E-state index in [0.29, 0.717) is 13.2 Å². The minimum Gasteiger partial charge on any atom is -0.494 e. The summed E-state index contributed by atoms with van der Waals surface area (Å²) in [7, 11) is 3.10. The van der Waals surface area contributed by atoms with E-state index in [0.717, 1.165) is 12.1 Å². The summed E-state index contributed by atoms with van der Waals surface area (Å²) in [5.74, 6) is -0.0563. The molecule has 1 aromatic carbocycles. The SMILES string of the molecule is COCCNCc1ccc(OC)c(F)c1. The van der Waals surface area contributed by atoms with E-state index in [4.69, 9.17) is 9.47 Å². The molecule has 0 aliphatic heterocycles. The van der Waals surface area contributed by atoms with Crippen molar-refractivity contribution in [1.29, 1.82) is 0 Å². The number of halogens is 1. The first-order chi connectivity index (χ1) is 7.27. The minimum absolute atomic E-state index is 0.274. The molecule has 0 unspecified atom stereocenters. The van der Waals surface area contributed by atoms with Gasteiger partial charge in [0.2, 0.25) is 0 Å². The van der Waals surface area contributed by atoms with Gasteiger partial charge in [-0.2, -0.15) is 0 Å². The van der Waals surface area contributed by atoms with Crippen LogP contribution in [0.5, 0.6) is 5.75 Å². The molecule has 0 aliphatic carbocycles. The number of hydrogen-bond donors (Lipinski definition) is 1. The van der Waals surface area contributed by atoms with Gasteiger partial charge >= 0.3 is 0 Å². The maximum atomic E-state index is 13.2. The molecule has 84 valence electrons. The average molecular weight is 213 g/mol. The Hall–Kier alpha value is -1.13. The van der Waals surface area contributed by atoms with E-state index in [1.165, 1.54) is 13.2 Å². The maximum Gasteiger partial charge on any atom is 0.165 e. The molecule has 4 heteroatoms. The summed E-state index contributed by atoms with van der Waals surface area (Å²) >= 11 is 0. The highest BCUT2D eigenvalue weighted by atomic mass is 19.1. The Morgan fingerprint density at radius 1 is 1.33 bits per heavy atom. The highest BCUT2D eigenvalue weighted by Gasteiger charge is 2.02. The highest BCUT2D eigenvalue weighted by Crippen LogP contribution is 2.17. The van der Waals surface area contributed by atoms with Crippen molar-refractivity contribution in [2.75, 3.05) is 27.4 Å². The van der Waals surface area contributed by atoms with Crippen molar-refractivity contribution in [3.63, 3.8) is 0 Å². The standard InChI is InChI=1S/C11H16FNO2/c1-14-6-5-13-8-9-3-4-11(15-2)10(12)7-9/h3-4,7,13H,5-6,8H2,1-2H3. The first kappa shape index (κ1) is 11.9. The number of hydrogen-bond acceptors (Lipinski definition) is 3. The largest absolute Gasteiger partial charge is 0.494 e. The molecule has 0 bridgehead atoms. The number of benzene rings is 1. The molecule has 0 amide bonds. The minimum atomic E-state index is -0.330. The lowest BCUT2D eigenvalue weighted by atomic mass is 10.2. The molecular weight excluding hydrogens is 197 g/mol. The fourth-order valence-electron chi connectivity index (χ4n) is 1.23. The Bertz CT molecular complexity index is 305. The fourth-order valence-corrected chi connectivity index (χ4v) is 1.23. The summed E-state index contributed by atoms with van der Waals surface area (Å²) in [6.07, 6.45) is 0. The third kappa shape index (κ3) is 3.85. The van der Waals surface area contributed by atoms with Gasteiger partial charge in [0.25, 0.3) is 0 Å². The molecule has 0 heterocycles. The summed E-state index contributed by atoms with van der Waals surface area (Å²) in [4.78, 5) is 0. The van der Waals surface area contributed by atoms with Crippen LogP contribution in [0.25, 0.3) is 0 Å². The van der Waals surface area contributed by atoms with Crippen molar-refractivity contribution in [2.45, 2.75) is 6.54 Å². The molecule has 15 heavy (non-hydrogen) atoms. The molecule has 0 spiro atoms. The van der Waals surface area contributed by atoms with Gasteiger partial charge in [0.15, 0.2) is 11.6 Å². The third-order valence-electron chi connectivity index (χ3n) is 2.03. The van der Waals surface area contributed by atoms with Crippen molar-refractivity contribution in [1.82, 2.24) is 5.32 Å². The van der Waals surface area contributed by atoms with E-state index in [2.05, 4.69) is 5.32 Å². The molecular formula is C11H16FNO2. The molecule has 3 nitrogen and oxygen atoms in total. The van der Waals surface area contributed by atoms with E-state index in [1.54, 1.807) is 13.2 Å². The molecule has 0 saturated heterocycles. The van der Waals surface area contributed by atoms with Crippen molar-refractivity contribution >= 4 is 0 Å². The van der Waals surface area contributed by atoms with Gasteiger partial charge in [-0.3, -0.25) is 0 Å². The van der Waals surface area contributed by atoms with E-state index in [1.807, 2.05) is 6.07 Å². The van der Waals surface area contributed by atoms with E-state index in [9.17, 15) is 4.39 Å². The van der Waals surface area contributed by atoms with Crippen LogP contribution < -0.4 is 10.1 Å². The fraction of sp³-hybridized carbons (Fsp3) is 0.455. The van der Waals surface area contributed by atoms with Crippen molar-refractivity contribution in [3.8, 4) is 5.75 Å². The summed E-state index contributed by atoms with van der Waals surface area (Å²) in [6.45, 7) is 2.03. The van der Waals surface area contributed by atoms with Crippen molar-refractivity contribution in [3.05, 3.63) is 29.6 Å². The lowest BCUT2D eigenvalue weighted by Crippen LogP contribution is -2.18. The van der Waals surface area contributed by atoms with Gasteiger partial charge in [0.05, 0.1) is 13.7 Å². The number of rotatable bonds is 6. The lowest BCUT2D eigenvalue weighted by Gasteiger charge is -2.06. The highest BCUT2D eigenvalue weighted by molar-refractivity contribution is 5.29. The summed E-state index contributed by atoms with van der Waals surface area (Å²) in [6, 6.07) is 4.93. The Kier molecular flexibility index (Phi) is 5.07. The van der Waals surface area contributed by atoms with Crippen LogP contribution in [0.4, 0.5) is 4.39 Å². The third-order valence-corrected chi connectivity index (χ3v) is 2.03. The Balaban J connectivity index is 2.45. The molecule has 0 aromatic heterocycles. The average Bonchev–Trinajstić information content (AvgIpc) is 2.25. The van der Waals surface area contributed by atoms with Crippen LogP contribution in [0, 0.1) is 5.82 Å². The van der Waals surface area contributed by atoms with Crippen molar-refractivity contribution < 1.29 is 13.9 Å². The van der Waals surface area contributed by atoms with Crippen LogP contribution in [0.1, 0.15) is 5.56 Å². The Morgan fingerprint density at radius 2 is 2.13 bits per heavy atom. The topological polar surface area (TPSA) is 30.5 Å². The lowest BCUT2D eigenvalue weighted by molar-refractivity contribution is 0.199. The monoisotopic (exact) mass is 213 g/mol. The molecule has 1 N–H and O–H groups in total. The van der Waals surface area contributed by atoms with Crippen LogP contribution in [0.2, 0.25) is 0 Å². The van der Waals surface area contributed by atoms with Gasteiger partial charge in [0.1, 0.15) is 0 Å². The molecule has 0 fully saturated rings. The second-order valence-electron chi connectivity index (χ2n) is 3.14. The molecule has 0 radical (unpaired) electrons. The smallest absolute Gasteiger partial charge is 0.165 e. The number of nitrogens with one attached hydrogen (secondary N) is 1. The van der Waals surface area contributed by atoms with Gasteiger partial charge < -0.3 is 14.8 Å². The predicted octanol–water partition coefficient (Wildman–Crippen LogP) is 1.57. The number of ether oxygens (including phenoxy) is 2. The Labute approximate surface area is 89.2 Å². The van der Waals surface area contributed by atoms with Gasteiger partial charge in [0, 0.05) is 20.2 Å². The van der Waals surface area contributed by atoms with Crippen LogP contribution in [0.3, 0.4) is 0 Å². The molecule has 1 rings (SSSR count). The first-order valence-corrected chi connectivity index (χ1v) is 4.80. The Morgan fingerprint density at radius 3 is 2.73 bits per heavy atom.